The second-order valence-corrected chi connectivity index (χ2v) is 5.92. The number of imide groups is 1. The molecular weight excluding hydrogens is 272 g/mol. The van der Waals surface area contributed by atoms with E-state index in [9.17, 15) is 14.4 Å². The van der Waals surface area contributed by atoms with E-state index in [2.05, 4.69) is 5.32 Å². The van der Waals surface area contributed by atoms with Crippen LogP contribution in [0, 0.1) is 0 Å². The molecule has 0 bridgehead atoms. The number of hydrogen-bond acceptors (Lipinski definition) is 5. The highest BCUT2D eigenvalue weighted by Gasteiger charge is 2.28. The molecular formula is C11H8N2O3S2. The third-order valence-corrected chi connectivity index (χ3v) is 4.67. The van der Waals surface area contributed by atoms with Crippen LogP contribution in [-0.2, 0) is 9.59 Å². The van der Waals surface area contributed by atoms with E-state index in [1.54, 1.807) is 11.3 Å². The van der Waals surface area contributed by atoms with Crippen LogP contribution in [0.3, 0.4) is 0 Å². The fourth-order valence-corrected chi connectivity index (χ4v) is 3.88. The third kappa shape index (κ3) is 1.91. The highest BCUT2D eigenvalue weighted by molar-refractivity contribution is 7.27. The van der Waals surface area contributed by atoms with Gasteiger partial charge in [0.05, 0.1) is 4.88 Å². The molecule has 0 atom stereocenters. The van der Waals surface area contributed by atoms with Crippen molar-refractivity contribution in [1.82, 2.24) is 10.2 Å². The number of carbonyl (C=O) groups is 3. The Morgan fingerprint density at radius 3 is 2.61 bits per heavy atom. The van der Waals surface area contributed by atoms with Crippen molar-refractivity contribution >= 4 is 49.8 Å². The number of hydrogen-bond donors (Lipinski definition) is 1. The lowest BCUT2D eigenvalue weighted by molar-refractivity contribution is -0.135. The zero-order chi connectivity index (χ0) is 12.7. The average Bonchev–Trinajstić information content (AvgIpc) is 2.86. The largest absolute Gasteiger partial charge is 0.319 e. The van der Waals surface area contributed by atoms with Crippen LogP contribution in [-0.4, -0.2) is 35.7 Å². The maximum atomic E-state index is 12.2. The minimum absolute atomic E-state index is 0.0594. The van der Waals surface area contributed by atoms with Gasteiger partial charge in [0.1, 0.15) is 13.1 Å². The lowest BCUT2D eigenvalue weighted by Crippen LogP contribution is -2.53. The summed E-state index contributed by atoms with van der Waals surface area (Å²) in [6.45, 7) is -0.119. The molecule has 92 valence electrons. The molecule has 18 heavy (non-hydrogen) atoms. The molecule has 1 aliphatic heterocycles. The molecule has 1 fully saturated rings. The third-order valence-electron chi connectivity index (χ3n) is 2.59. The second-order valence-electron chi connectivity index (χ2n) is 3.89. The molecule has 1 saturated heterocycles. The summed E-state index contributed by atoms with van der Waals surface area (Å²) in [4.78, 5) is 36.5. The van der Waals surface area contributed by atoms with Crippen molar-refractivity contribution in [3.8, 4) is 0 Å². The maximum Gasteiger partial charge on any atom is 0.264 e. The molecule has 1 N–H and O–H groups in total. The Hall–Kier alpha value is -1.73. The van der Waals surface area contributed by atoms with E-state index >= 15 is 0 Å². The Kier molecular flexibility index (Phi) is 2.64. The molecule has 0 unspecified atom stereocenters. The normalized spacial score (nSPS) is 16.1. The fourth-order valence-electron chi connectivity index (χ4n) is 1.81. The van der Waals surface area contributed by atoms with Crippen LogP contribution in [0.15, 0.2) is 17.5 Å². The summed E-state index contributed by atoms with van der Waals surface area (Å²) in [7, 11) is 0. The predicted molar refractivity (Wildman–Crippen MR) is 68.8 cm³/mol. The predicted octanol–water partition coefficient (Wildman–Crippen LogP) is 1.06. The van der Waals surface area contributed by atoms with E-state index in [1.165, 1.54) is 16.2 Å². The van der Waals surface area contributed by atoms with Gasteiger partial charge in [-0.2, -0.15) is 0 Å². The van der Waals surface area contributed by atoms with Crippen LogP contribution >= 0.6 is 22.7 Å². The highest BCUT2D eigenvalue weighted by atomic mass is 32.1. The smallest absolute Gasteiger partial charge is 0.264 e. The number of fused-ring (bicyclic) bond motifs is 1. The molecule has 0 spiro atoms. The molecule has 2 aromatic rings. The zero-order valence-electron chi connectivity index (χ0n) is 9.13. The van der Waals surface area contributed by atoms with Gasteiger partial charge in [-0.1, -0.05) is 0 Å². The zero-order valence-corrected chi connectivity index (χ0v) is 10.8. The van der Waals surface area contributed by atoms with E-state index < -0.39 is 11.8 Å². The van der Waals surface area contributed by atoms with Gasteiger partial charge in [0, 0.05) is 9.40 Å². The van der Waals surface area contributed by atoms with Gasteiger partial charge in [0.15, 0.2) is 0 Å². The van der Waals surface area contributed by atoms with Crippen molar-refractivity contribution in [3.63, 3.8) is 0 Å². The SMILES string of the molecule is O=C1CN(C(=O)c2cc3sccc3s2)CC(=O)N1. The van der Waals surface area contributed by atoms with Crippen molar-refractivity contribution in [2.24, 2.45) is 0 Å². The molecule has 2 aromatic heterocycles. The maximum absolute atomic E-state index is 12.2. The van der Waals surface area contributed by atoms with Crippen molar-refractivity contribution in [3.05, 3.63) is 22.4 Å². The molecule has 1 aliphatic rings. The summed E-state index contributed by atoms with van der Waals surface area (Å²) in [5.74, 6) is -1.12. The van der Waals surface area contributed by atoms with Crippen molar-refractivity contribution in [1.29, 1.82) is 0 Å². The summed E-state index contributed by atoms with van der Waals surface area (Å²) in [6, 6.07) is 3.76. The van der Waals surface area contributed by atoms with Crippen LogP contribution in [0.1, 0.15) is 9.67 Å². The Bertz CT molecular complexity index is 614. The van der Waals surface area contributed by atoms with E-state index in [4.69, 9.17) is 0 Å². The van der Waals surface area contributed by atoms with Crippen molar-refractivity contribution < 1.29 is 14.4 Å². The molecule has 0 aliphatic carbocycles. The Morgan fingerprint density at radius 2 is 1.94 bits per heavy atom. The highest BCUT2D eigenvalue weighted by Crippen LogP contribution is 2.30. The van der Waals surface area contributed by atoms with Crippen LogP contribution in [0.2, 0.25) is 0 Å². The first-order chi connectivity index (χ1) is 8.63. The fraction of sp³-hybridized carbons (Fsp3) is 0.182. The summed E-state index contributed by atoms with van der Waals surface area (Å²) in [5.41, 5.74) is 0. The lowest BCUT2D eigenvalue weighted by atomic mass is 10.3. The van der Waals surface area contributed by atoms with Crippen LogP contribution in [0.4, 0.5) is 0 Å². The Morgan fingerprint density at radius 1 is 1.22 bits per heavy atom. The molecule has 3 amide bonds. The summed E-state index contributed by atoms with van der Waals surface area (Å²) in [6.07, 6.45) is 0. The Balaban J connectivity index is 1.87. The van der Waals surface area contributed by atoms with Gasteiger partial charge in [-0.25, -0.2) is 0 Å². The number of thiophene rings is 2. The Labute approximate surface area is 110 Å². The monoisotopic (exact) mass is 280 g/mol. The molecule has 7 heteroatoms. The number of carbonyl (C=O) groups excluding carboxylic acids is 3. The van der Waals surface area contributed by atoms with E-state index in [-0.39, 0.29) is 19.0 Å². The van der Waals surface area contributed by atoms with E-state index in [0.29, 0.717) is 4.88 Å². The van der Waals surface area contributed by atoms with Gasteiger partial charge >= 0.3 is 0 Å². The van der Waals surface area contributed by atoms with Gasteiger partial charge in [-0.15, -0.1) is 22.7 Å². The molecule has 0 radical (unpaired) electrons. The number of amides is 3. The summed E-state index contributed by atoms with van der Waals surface area (Å²) in [5, 5.41) is 4.14. The topological polar surface area (TPSA) is 66.5 Å². The van der Waals surface area contributed by atoms with Gasteiger partial charge < -0.3 is 4.90 Å². The van der Waals surface area contributed by atoms with Crippen molar-refractivity contribution in [2.45, 2.75) is 0 Å². The first-order valence-corrected chi connectivity index (χ1v) is 6.92. The van der Waals surface area contributed by atoms with E-state index in [1.807, 2.05) is 17.5 Å². The molecule has 0 saturated carbocycles. The van der Waals surface area contributed by atoms with Gasteiger partial charge in [-0.05, 0) is 17.5 Å². The summed E-state index contributed by atoms with van der Waals surface area (Å²) < 4.78 is 2.10. The first kappa shape index (κ1) is 11.4. The number of rotatable bonds is 1. The quantitative estimate of drug-likeness (QED) is 0.794. The van der Waals surface area contributed by atoms with Crippen molar-refractivity contribution in [2.75, 3.05) is 13.1 Å². The van der Waals surface area contributed by atoms with E-state index in [0.717, 1.165) is 9.40 Å². The second kappa shape index (κ2) is 4.18. The molecule has 3 rings (SSSR count). The summed E-state index contributed by atoms with van der Waals surface area (Å²) >= 11 is 2.95. The van der Waals surface area contributed by atoms with Crippen LogP contribution in [0.5, 0.6) is 0 Å². The minimum Gasteiger partial charge on any atom is -0.319 e. The number of nitrogens with one attached hydrogen (secondary N) is 1. The van der Waals surface area contributed by atoms with Crippen LogP contribution < -0.4 is 5.32 Å². The number of piperazine rings is 1. The average molecular weight is 280 g/mol. The first-order valence-electron chi connectivity index (χ1n) is 5.22. The van der Waals surface area contributed by atoms with Gasteiger partial charge in [0.25, 0.3) is 5.91 Å². The standard InChI is InChI=1S/C11H8N2O3S2/c14-9-4-13(5-10(15)12-9)11(16)8-3-7-6(18-8)1-2-17-7/h1-3H,4-5H2,(H,12,14,15). The van der Waals surface area contributed by atoms with Gasteiger partial charge in [-0.3, -0.25) is 19.7 Å². The molecule has 0 aromatic carbocycles. The number of nitrogens with zero attached hydrogens (tertiary/aromatic N) is 1. The lowest BCUT2D eigenvalue weighted by Gasteiger charge is -2.24. The van der Waals surface area contributed by atoms with Crippen LogP contribution in [0.25, 0.3) is 9.40 Å². The van der Waals surface area contributed by atoms with Gasteiger partial charge in [0.2, 0.25) is 11.8 Å². The molecule has 3 heterocycles. The molecule has 5 nitrogen and oxygen atoms in total. The minimum atomic E-state index is -0.432.